The van der Waals surface area contributed by atoms with E-state index in [4.69, 9.17) is 0 Å². The summed E-state index contributed by atoms with van der Waals surface area (Å²) >= 11 is 0. The number of rotatable bonds is 5. The standard InChI is InChI=1S/C25H19N3/c26-28-27-25(21-14-6-2-7-15-21,22-16-8-3-9-17-22)24-19-11-10-18-23(24)20-12-4-1-5-13-20/h1-19H. The van der Waals surface area contributed by atoms with Gasteiger partial charge in [0.25, 0.3) is 0 Å². The van der Waals surface area contributed by atoms with E-state index in [0.717, 1.165) is 27.8 Å². The first-order valence-electron chi connectivity index (χ1n) is 9.18. The van der Waals surface area contributed by atoms with Crippen molar-refractivity contribution < 1.29 is 0 Å². The number of nitrogens with zero attached hydrogens (tertiary/aromatic N) is 3. The molecule has 0 radical (unpaired) electrons. The molecule has 0 bridgehead atoms. The molecule has 0 unspecified atom stereocenters. The van der Waals surface area contributed by atoms with Gasteiger partial charge in [-0.15, -0.1) is 0 Å². The van der Waals surface area contributed by atoms with Gasteiger partial charge in [-0.2, -0.15) is 0 Å². The van der Waals surface area contributed by atoms with Gasteiger partial charge in [-0.1, -0.05) is 120 Å². The second-order valence-corrected chi connectivity index (χ2v) is 6.54. The summed E-state index contributed by atoms with van der Waals surface area (Å²) < 4.78 is 0. The molecule has 0 saturated carbocycles. The van der Waals surface area contributed by atoms with Gasteiger partial charge in [0.15, 0.2) is 0 Å². The van der Waals surface area contributed by atoms with Crippen LogP contribution in [-0.4, -0.2) is 0 Å². The monoisotopic (exact) mass is 361 g/mol. The zero-order chi connectivity index (χ0) is 19.2. The topological polar surface area (TPSA) is 48.8 Å². The predicted molar refractivity (Wildman–Crippen MR) is 114 cm³/mol. The first-order valence-corrected chi connectivity index (χ1v) is 9.18. The third kappa shape index (κ3) is 3.05. The lowest BCUT2D eigenvalue weighted by atomic mass is 9.75. The third-order valence-electron chi connectivity index (χ3n) is 4.98. The molecular weight excluding hydrogens is 342 g/mol. The van der Waals surface area contributed by atoms with Gasteiger partial charge < -0.3 is 0 Å². The molecule has 3 nitrogen and oxygen atoms in total. The fraction of sp³-hybridized carbons (Fsp3) is 0.0400. The van der Waals surface area contributed by atoms with Crippen molar-refractivity contribution in [2.24, 2.45) is 5.11 Å². The van der Waals surface area contributed by atoms with Gasteiger partial charge in [0.1, 0.15) is 5.54 Å². The summed E-state index contributed by atoms with van der Waals surface area (Å²) in [5, 5.41) is 4.43. The summed E-state index contributed by atoms with van der Waals surface area (Å²) in [7, 11) is 0. The van der Waals surface area contributed by atoms with Crippen LogP contribution in [0.2, 0.25) is 0 Å². The Labute approximate surface area is 164 Å². The van der Waals surface area contributed by atoms with Gasteiger partial charge in [-0.25, -0.2) is 0 Å². The average molecular weight is 361 g/mol. The van der Waals surface area contributed by atoms with E-state index < -0.39 is 5.54 Å². The van der Waals surface area contributed by atoms with Crippen molar-refractivity contribution in [1.29, 1.82) is 0 Å². The van der Waals surface area contributed by atoms with E-state index in [-0.39, 0.29) is 0 Å². The van der Waals surface area contributed by atoms with Crippen LogP contribution in [0.15, 0.2) is 120 Å². The number of benzene rings is 4. The number of hydrogen-bond donors (Lipinski definition) is 0. The summed E-state index contributed by atoms with van der Waals surface area (Å²) in [6.45, 7) is 0. The molecule has 134 valence electrons. The molecule has 4 aromatic rings. The smallest absolute Gasteiger partial charge is 0.0730 e. The van der Waals surface area contributed by atoms with Crippen LogP contribution in [-0.2, 0) is 5.54 Å². The fourth-order valence-corrected chi connectivity index (χ4v) is 3.74. The van der Waals surface area contributed by atoms with E-state index in [1.54, 1.807) is 0 Å². The molecule has 4 aromatic carbocycles. The molecule has 4 rings (SSSR count). The number of azide groups is 1. The maximum absolute atomic E-state index is 9.61. The Hall–Kier alpha value is -3.81. The molecule has 0 atom stereocenters. The minimum absolute atomic E-state index is 0.933. The molecule has 28 heavy (non-hydrogen) atoms. The summed E-state index contributed by atoms with van der Waals surface area (Å²) in [6.07, 6.45) is 0. The summed E-state index contributed by atoms with van der Waals surface area (Å²) in [6, 6.07) is 38.3. The van der Waals surface area contributed by atoms with Gasteiger partial charge >= 0.3 is 0 Å². The fourth-order valence-electron chi connectivity index (χ4n) is 3.74. The van der Waals surface area contributed by atoms with Crippen LogP contribution in [0.4, 0.5) is 0 Å². The summed E-state index contributed by atoms with van der Waals surface area (Å²) in [5.74, 6) is 0. The van der Waals surface area contributed by atoms with E-state index in [9.17, 15) is 5.53 Å². The van der Waals surface area contributed by atoms with Crippen molar-refractivity contribution >= 4 is 0 Å². The average Bonchev–Trinajstić information content (AvgIpc) is 2.79. The SMILES string of the molecule is [N-]=[N+]=NC(c1ccccc1)(c1ccccc1)c1ccccc1-c1ccccc1. The van der Waals surface area contributed by atoms with E-state index in [1.165, 1.54) is 0 Å². The maximum atomic E-state index is 9.61. The molecule has 0 saturated heterocycles. The Morgan fingerprint density at radius 2 is 1.04 bits per heavy atom. The lowest BCUT2D eigenvalue weighted by Gasteiger charge is -2.33. The highest BCUT2D eigenvalue weighted by atomic mass is 15.2. The first kappa shape index (κ1) is 17.6. The molecule has 0 amide bonds. The van der Waals surface area contributed by atoms with Crippen molar-refractivity contribution in [1.82, 2.24) is 0 Å². The second-order valence-electron chi connectivity index (χ2n) is 6.54. The minimum atomic E-state index is -0.969. The molecule has 0 heterocycles. The van der Waals surface area contributed by atoms with Gasteiger partial charge in [0, 0.05) is 4.91 Å². The lowest BCUT2D eigenvalue weighted by Crippen LogP contribution is -2.27. The zero-order valence-electron chi connectivity index (χ0n) is 15.3. The molecule has 3 heteroatoms. The van der Waals surface area contributed by atoms with Gasteiger partial charge in [0.2, 0.25) is 0 Å². The first-order chi connectivity index (χ1) is 13.9. The summed E-state index contributed by atoms with van der Waals surface area (Å²) in [4.78, 5) is 3.30. The highest BCUT2D eigenvalue weighted by Gasteiger charge is 2.37. The lowest BCUT2D eigenvalue weighted by molar-refractivity contribution is 0.649. The Balaban J connectivity index is 2.11. The molecular formula is C25H19N3. The van der Waals surface area contributed by atoms with Crippen LogP contribution in [0.25, 0.3) is 21.6 Å². The van der Waals surface area contributed by atoms with Gasteiger partial charge in [-0.05, 0) is 33.3 Å². The molecule has 0 aromatic heterocycles. The van der Waals surface area contributed by atoms with Crippen molar-refractivity contribution in [3.8, 4) is 11.1 Å². The maximum Gasteiger partial charge on any atom is 0.124 e. The molecule has 0 aliphatic heterocycles. The van der Waals surface area contributed by atoms with Crippen LogP contribution < -0.4 is 0 Å². The minimum Gasteiger partial charge on any atom is -0.0730 e. The highest BCUT2D eigenvalue weighted by molar-refractivity contribution is 5.72. The Kier molecular flexibility index (Phi) is 4.92. The van der Waals surface area contributed by atoms with Crippen LogP contribution in [0.3, 0.4) is 0 Å². The Morgan fingerprint density at radius 1 is 0.571 bits per heavy atom. The van der Waals surface area contributed by atoms with E-state index in [2.05, 4.69) is 34.3 Å². The highest BCUT2D eigenvalue weighted by Crippen LogP contribution is 2.44. The molecule has 0 aliphatic rings. The van der Waals surface area contributed by atoms with E-state index >= 15 is 0 Å². The Bertz CT molecular complexity index is 1060. The van der Waals surface area contributed by atoms with Crippen molar-refractivity contribution in [2.75, 3.05) is 0 Å². The van der Waals surface area contributed by atoms with Crippen molar-refractivity contribution in [2.45, 2.75) is 5.54 Å². The third-order valence-corrected chi connectivity index (χ3v) is 4.98. The van der Waals surface area contributed by atoms with Crippen LogP contribution in [0.5, 0.6) is 0 Å². The zero-order valence-corrected chi connectivity index (χ0v) is 15.3. The predicted octanol–water partition coefficient (Wildman–Crippen LogP) is 6.96. The molecule has 0 aliphatic carbocycles. The quantitative estimate of drug-likeness (QED) is 0.160. The normalized spacial score (nSPS) is 10.9. The van der Waals surface area contributed by atoms with Crippen LogP contribution in [0.1, 0.15) is 16.7 Å². The molecule has 0 fully saturated rings. The second kappa shape index (κ2) is 7.83. The summed E-state index contributed by atoms with van der Waals surface area (Å²) in [5.41, 5.74) is 13.6. The largest absolute Gasteiger partial charge is 0.124 e. The van der Waals surface area contributed by atoms with Crippen molar-refractivity contribution in [3.63, 3.8) is 0 Å². The van der Waals surface area contributed by atoms with Crippen LogP contribution in [0, 0.1) is 0 Å². The van der Waals surface area contributed by atoms with Crippen molar-refractivity contribution in [3.05, 3.63) is 142 Å². The molecule has 0 spiro atoms. The van der Waals surface area contributed by atoms with Gasteiger partial charge in [-0.3, -0.25) is 0 Å². The number of hydrogen-bond acceptors (Lipinski definition) is 1. The van der Waals surface area contributed by atoms with Crippen LogP contribution >= 0.6 is 0 Å². The molecule has 0 N–H and O–H groups in total. The van der Waals surface area contributed by atoms with E-state index in [0.29, 0.717) is 0 Å². The van der Waals surface area contributed by atoms with Gasteiger partial charge in [0.05, 0.1) is 0 Å². The van der Waals surface area contributed by atoms with E-state index in [1.807, 2.05) is 91.0 Å². The Morgan fingerprint density at radius 3 is 1.57 bits per heavy atom.